The maximum absolute atomic E-state index is 13.5. The molecule has 1 aliphatic rings. The van der Waals surface area contributed by atoms with Gasteiger partial charge in [0.2, 0.25) is 0 Å². The van der Waals surface area contributed by atoms with E-state index in [0.717, 1.165) is 61.5 Å². The largest absolute Gasteiger partial charge is 0.490 e. The Labute approximate surface area is 161 Å². The van der Waals surface area contributed by atoms with E-state index in [1.807, 2.05) is 18.2 Å². The normalized spacial score (nSPS) is 15.6. The molecule has 2 aromatic carbocycles. The van der Waals surface area contributed by atoms with Crippen molar-refractivity contribution in [3.63, 3.8) is 0 Å². The summed E-state index contributed by atoms with van der Waals surface area (Å²) in [5, 5.41) is 6.72. The SMILES string of the molecule is CCC/C=C(/C)c1cc(OC2CCNCC2)ccc1Nc1cccc(F)c1. The molecule has 1 aliphatic heterocycles. The fourth-order valence-electron chi connectivity index (χ4n) is 3.33. The molecule has 144 valence electrons. The van der Waals surface area contributed by atoms with Gasteiger partial charge >= 0.3 is 0 Å². The minimum atomic E-state index is -0.245. The van der Waals surface area contributed by atoms with Crippen LogP contribution in [0.1, 0.15) is 45.1 Å². The van der Waals surface area contributed by atoms with E-state index in [9.17, 15) is 4.39 Å². The van der Waals surface area contributed by atoms with Gasteiger partial charge in [-0.05, 0) is 81.2 Å². The number of piperidine rings is 1. The molecule has 0 spiro atoms. The maximum atomic E-state index is 13.5. The van der Waals surface area contributed by atoms with Crippen molar-refractivity contribution in [2.24, 2.45) is 0 Å². The van der Waals surface area contributed by atoms with Crippen molar-refractivity contribution in [3.05, 3.63) is 59.9 Å². The van der Waals surface area contributed by atoms with Crippen LogP contribution in [0.15, 0.2) is 48.5 Å². The van der Waals surface area contributed by atoms with Crippen molar-refractivity contribution in [2.45, 2.75) is 45.6 Å². The fraction of sp³-hybridized carbons (Fsp3) is 0.391. The first-order valence-electron chi connectivity index (χ1n) is 9.87. The second kappa shape index (κ2) is 9.56. The molecule has 0 aliphatic carbocycles. The van der Waals surface area contributed by atoms with E-state index < -0.39 is 0 Å². The monoisotopic (exact) mass is 368 g/mol. The topological polar surface area (TPSA) is 33.3 Å². The lowest BCUT2D eigenvalue weighted by Crippen LogP contribution is -2.34. The summed E-state index contributed by atoms with van der Waals surface area (Å²) >= 11 is 0. The summed E-state index contributed by atoms with van der Waals surface area (Å²) in [6, 6.07) is 12.7. The highest BCUT2D eigenvalue weighted by molar-refractivity contribution is 5.79. The third-order valence-corrected chi connectivity index (χ3v) is 4.85. The summed E-state index contributed by atoms with van der Waals surface area (Å²) in [7, 11) is 0. The molecule has 0 atom stereocenters. The lowest BCUT2D eigenvalue weighted by atomic mass is 10.0. The molecular weight excluding hydrogens is 339 g/mol. The molecule has 3 nitrogen and oxygen atoms in total. The lowest BCUT2D eigenvalue weighted by molar-refractivity contribution is 0.162. The Hall–Kier alpha value is -2.33. The van der Waals surface area contributed by atoms with Crippen LogP contribution >= 0.6 is 0 Å². The van der Waals surface area contributed by atoms with Crippen molar-refractivity contribution in [1.82, 2.24) is 5.32 Å². The fourth-order valence-corrected chi connectivity index (χ4v) is 3.33. The van der Waals surface area contributed by atoms with Crippen LogP contribution in [0.5, 0.6) is 5.75 Å². The van der Waals surface area contributed by atoms with Gasteiger partial charge in [0.25, 0.3) is 0 Å². The predicted molar refractivity (Wildman–Crippen MR) is 111 cm³/mol. The van der Waals surface area contributed by atoms with Crippen LogP contribution in [0.25, 0.3) is 5.57 Å². The van der Waals surface area contributed by atoms with E-state index in [0.29, 0.717) is 0 Å². The second-order valence-corrected chi connectivity index (χ2v) is 7.09. The Balaban J connectivity index is 1.86. The molecule has 1 heterocycles. The Morgan fingerprint density at radius 1 is 1.22 bits per heavy atom. The number of anilines is 2. The quantitative estimate of drug-likeness (QED) is 0.638. The molecule has 0 radical (unpaired) electrons. The van der Waals surface area contributed by atoms with Crippen LogP contribution in [0.4, 0.5) is 15.8 Å². The summed E-state index contributed by atoms with van der Waals surface area (Å²) in [4.78, 5) is 0. The highest BCUT2D eigenvalue weighted by Crippen LogP contribution is 2.32. The molecule has 27 heavy (non-hydrogen) atoms. The minimum Gasteiger partial charge on any atom is -0.490 e. The molecule has 1 fully saturated rings. The van der Waals surface area contributed by atoms with Gasteiger partial charge in [0.15, 0.2) is 0 Å². The number of allylic oxidation sites excluding steroid dienone is 2. The van der Waals surface area contributed by atoms with Crippen LogP contribution in [0.2, 0.25) is 0 Å². The first-order chi connectivity index (χ1) is 13.2. The predicted octanol–water partition coefficient (Wildman–Crippen LogP) is 5.90. The van der Waals surface area contributed by atoms with Crippen molar-refractivity contribution in [1.29, 1.82) is 0 Å². The average Bonchev–Trinajstić information content (AvgIpc) is 2.68. The van der Waals surface area contributed by atoms with E-state index >= 15 is 0 Å². The number of unbranched alkanes of at least 4 members (excludes halogenated alkanes) is 1. The Kier molecular flexibility index (Phi) is 6.88. The zero-order valence-electron chi connectivity index (χ0n) is 16.2. The van der Waals surface area contributed by atoms with Gasteiger partial charge in [-0.1, -0.05) is 25.5 Å². The lowest BCUT2D eigenvalue weighted by Gasteiger charge is -2.24. The van der Waals surface area contributed by atoms with Gasteiger partial charge < -0.3 is 15.4 Å². The maximum Gasteiger partial charge on any atom is 0.125 e. The minimum absolute atomic E-state index is 0.245. The molecule has 1 saturated heterocycles. The van der Waals surface area contributed by atoms with E-state index in [1.165, 1.54) is 17.7 Å². The summed E-state index contributed by atoms with van der Waals surface area (Å²) in [5.74, 6) is 0.650. The molecule has 4 heteroatoms. The van der Waals surface area contributed by atoms with Gasteiger partial charge in [-0.2, -0.15) is 0 Å². The summed E-state index contributed by atoms with van der Waals surface area (Å²) in [6.07, 6.45) is 6.72. The van der Waals surface area contributed by atoms with E-state index in [-0.39, 0.29) is 11.9 Å². The molecule has 0 unspecified atom stereocenters. The number of hydrogen-bond acceptors (Lipinski definition) is 3. The first kappa shape index (κ1) is 19.4. The molecular formula is C23H29FN2O. The number of halogens is 1. The molecule has 2 N–H and O–H groups in total. The van der Waals surface area contributed by atoms with Crippen LogP contribution in [0, 0.1) is 5.82 Å². The second-order valence-electron chi connectivity index (χ2n) is 7.09. The van der Waals surface area contributed by atoms with Gasteiger partial charge in [0.1, 0.15) is 17.7 Å². The third kappa shape index (κ3) is 5.57. The summed E-state index contributed by atoms with van der Waals surface area (Å²) in [5.41, 5.74) is 4.00. The highest BCUT2D eigenvalue weighted by Gasteiger charge is 2.15. The summed E-state index contributed by atoms with van der Waals surface area (Å²) < 4.78 is 19.8. The molecule has 0 saturated carbocycles. The van der Waals surface area contributed by atoms with Crippen molar-refractivity contribution >= 4 is 16.9 Å². The van der Waals surface area contributed by atoms with Crippen LogP contribution in [-0.4, -0.2) is 19.2 Å². The Morgan fingerprint density at radius 3 is 2.78 bits per heavy atom. The molecule has 0 aromatic heterocycles. The van der Waals surface area contributed by atoms with Crippen LogP contribution < -0.4 is 15.4 Å². The average molecular weight is 368 g/mol. The van der Waals surface area contributed by atoms with Crippen molar-refractivity contribution < 1.29 is 9.13 Å². The zero-order chi connectivity index (χ0) is 19.1. The van der Waals surface area contributed by atoms with E-state index in [1.54, 1.807) is 6.07 Å². The first-order valence-corrected chi connectivity index (χ1v) is 9.87. The van der Waals surface area contributed by atoms with Gasteiger partial charge in [0, 0.05) is 16.9 Å². The molecule has 2 aromatic rings. The van der Waals surface area contributed by atoms with Crippen molar-refractivity contribution in [3.8, 4) is 5.75 Å². The number of ether oxygens (including phenoxy) is 1. The van der Waals surface area contributed by atoms with Gasteiger partial charge in [-0.15, -0.1) is 0 Å². The Bertz CT molecular complexity index is 782. The molecule has 0 amide bonds. The number of hydrogen-bond donors (Lipinski definition) is 2. The van der Waals surface area contributed by atoms with Gasteiger partial charge in [-0.3, -0.25) is 0 Å². The smallest absolute Gasteiger partial charge is 0.125 e. The third-order valence-electron chi connectivity index (χ3n) is 4.85. The van der Waals surface area contributed by atoms with Crippen molar-refractivity contribution in [2.75, 3.05) is 18.4 Å². The standard InChI is InChI=1S/C23H29FN2O/c1-3-4-6-17(2)22-16-21(27-20-11-13-25-14-12-20)9-10-23(22)26-19-8-5-7-18(24)15-19/h5-10,15-16,20,25-26H,3-4,11-14H2,1-2H3/b17-6-. The van der Waals surface area contributed by atoms with Crippen LogP contribution in [0.3, 0.4) is 0 Å². The zero-order valence-corrected chi connectivity index (χ0v) is 16.2. The van der Waals surface area contributed by atoms with Gasteiger partial charge in [-0.25, -0.2) is 4.39 Å². The van der Waals surface area contributed by atoms with Crippen LogP contribution in [-0.2, 0) is 0 Å². The van der Waals surface area contributed by atoms with E-state index in [4.69, 9.17) is 4.74 Å². The number of nitrogens with one attached hydrogen (secondary N) is 2. The van der Waals surface area contributed by atoms with E-state index in [2.05, 4.69) is 36.6 Å². The molecule has 0 bridgehead atoms. The number of rotatable bonds is 7. The number of benzene rings is 2. The highest BCUT2D eigenvalue weighted by atomic mass is 19.1. The summed E-state index contributed by atoms with van der Waals surface area (Å²) in [6.45, 7) is 6.31. The Morgan fingerprint density at radius 2 is 2.04 bits per heavy atom. The molecule has 3 rings (SSSR count). The van der Waals surface area contributed by atoms with Gasteiger partial charge in [0.05, 0.1) is 0 Å².